The first kappa shape index (κ1) is 18.3. The minimum absolute atomic E-state index is 0.0364. The zero-order chi connectivity index (χ0) is 19.6. The second kappa shape index (κ2) is 7.54. The normalized spacial score (nSPS) is 16.7. The molecule has 4 rings (SSSR count). The van der Waals surface area contributed by atoms with Crippen LogP contribution in [0.2, 0.25) is 0 Å². The highest BCUT2D eigenvalue weighted by molar-refractivity contribution is 5.93. The molecule has 2 heterocycles. The summed E-state index contributed by atoms with van der Waals surface area (Å²) in [6.45, 7) is 0.816. The van der Waals surface area contributed by atoms with Gasteiger partial charge in [0.25, 0.3) is 0 Å². The first-order valence-electron chi connectivity index (χ1n) is 9.05. The van der Waals surface area contributed by atoms with Crippen LogP contribution in [0.15, 0.2) is 77.9 Å². The van der Waals surface area contributed by atoms with E-state index in [0.29, 0.717) is 24.6 Å². The molecule has 2 aromatic carbocycles. The Morgan fingerprint density at radius 1 is 0.964 bits per heavy atom. The number of halogens is 3. The number of hydrogen-bond acceptors (Lipinski definition) is 2. The second-order valence-electron chi connectivity index (χ2n) is 6.81. The molecule has 1 aromatic heterocycles. The summed E-state index contributed by atoms with van der Waals surface area (Å²) in [4.78, 5) is 4.68. The molecule has 6 heteroatoms. The molecule has 0 N–H and O–H groups in total. The molecule has 0 amide bonds. The molecule has 0 radical (unpaired) electrons. The van der Waals surface area contributed by atoms with E-state index in [-0.39, 0.29) is 6.04 Å². The summed E-state index contributed by atoms with van der Waals surface area (Å²) in [6.07, 6.45) is -1.73. The molecule has 3 aromatic rings. The number of hydrogen-bond donors (Lipinski definition) is 0. The summed E-state index contributed by atoms with van der Waals surface area (Å²) >= 11 is 0. The van der Waals surface area contributed by atoms with Crippen molar-refractivity contribution in [3.63, 3.8) is 0 Å². The van der Waals surface area contributed by atoms with Crippen molar-refractivity contribution in [2.75, 3.05) is 6.61 Å². The average Bonchev–Trinajstić information content (AvgIpc) is 3.31. The second-order valence-corrected chi connectivity index (χ2v) is 6.81. The number of nitrogens with zero attached hydrogens (tertiary/aromatic N) is 2. The molecule has 144 valence electrons. The van der Waals surface area contributed by atoms with E-state index in [2.05, 4.69) is 17.1 Å². The van der Waals surface area contributed by atoms with Crippen molar-refractivity contribution < 1.29 is 17.9 Å². The van der Waals surface area contributed by atoms with Crippen LogP contribution < -0.4 is 0 Å². The van der Waals surface area contributed by atoms with Crippen LogP contribution in [-0.2, 0) is 23.9 Å². The fourth-order valence-electron chi connectivity index (χ4n) is 3.34. The van der Waals surface area contributed by atoms with E-state index in [0.717, 1.165) is 18.2 Å². The molecule has 3 nitrogen and oxygen atoms in total. The van der Waals surface area contributed by atoms with E-state index in [9.17, 15) is 13.2 Å². The SMILES string of the molecule is FC(F)(F)c1cccc(Cn2cccc2C2=N[C@@H](Cc3ccccc3)CO2)c1. The summed E-state index contributed by atoms with van der Waals surface area (Å²) in [6, 6.07) is 19.2. The van der Waals surface area contributed by atoms with Crippen molar-refractivity contribution in [3.8, 4) is 0 Å². The first-order valence-corrected chi connectivity index (χ1v) is 9.05. The van der Waals surface area contributed by atoms with Gasteiger partial charge in [0.05, 0.1) is 11.6 Å². The van der Waals surface area contributed by atoms with Gasteiger partial charge in [-0.05, 0) is 41.8 Å². The minimum atomic E-state index is -4.35. The molecule has 0 spiro atoms. The van der Waals surface area contributed by atoms with Crippen LogP contribution in [0.25, 0.3) is 0 Å². The van der Waals surface area contributed by atoms with E-state index in [1.165, 1.54) is 17.7 Å². The van der Waals surface area contributed by atoms with E-state index in [1.807, 2.05) is 41.1 Å². The number of alkyl halides is 3. The molecule has 1 aliphatic heterocycles. The third-order valence-electron chi connectivity index (χ3n) is 4.68. The highest BCUT2D eigenvalue weighted by Crippen LogP contribution is 2.29. The summed E-state index contributed by atoms with van der Waals surface area (Å²) in [5.41, 5.74) is 1.90. The fourth-order valence-corrected chi connectivity index (χ4v) is 3.34. The molecule has 1 atom stereocenters. The van der Waals surface area contributed by atoms with E-state index in [4.69, 9.17) is 4.74 Å². The number of aliphatic imine (C=N–C) groups is 1. The third kappa shape index (κ3) is 4.11. The standard InChI is InChI=1S/C22H19F3N2O/c23-22(24,25)18-9-4-8-17(12-18)14-27-11-5-10-20(27)21-26-19(15-28-21)13-16-6-2-1-3-7-16/h1-12,19H,13-15H2/t19-/m0/s1. The zero-order valence-electron chi connectivity index (χ0n) is 15.1. The van der Waals surface area contributed by atoms with Crippen LogP contribution in [0.5, 0.6) is 0 Å². The molecule has 0 unspecified atom stereocenters. The lowest BCUT2D eigenvalue weighted by molar-refractivity contribution is -0.137. The Hall–Kier alpha value is -3.02. The van der Waals surface area contributed by atoms with Gasteiger partial charge in [0.1, 0.15) is 12.3 Å². The van der Waals surface area contributed by atoms with Gasteiger partial charge in [-0.25, -0.2) is 4.99 Å². The van der Waals surface area contributed by atoms with Gasteiger partial charge in [-0.3, -0.25) is 0 Å². The van der Waals surface area contributed by atoms with Gasteiger partial charge in [-0.15, -0.1) is 0 Å². The van der Waals surface area contributed by atoms with Crippen LogP contribution >= 0.6 is 0 Å². The Balaban J connectivity index is 1.51. The smallest absolute Gasteiger partial charge is 0.416 e. The van der Waals surface area contributed by atoms with Crippen molar-refractivity contribution in [1.82, 2.24) is 4.57 Å². The summed E-state index contributed by atoms with van der Waals surface area (Å²) in [5.74, 6) is 0.540. The van der Waals surface area contributed by atoms with Gasteiger partial charge in [0, 0.05) is 12.7 Å². The van der Waals surface area contributed by atoms with Crippen molar-refractivity contribution in [2.45, 2.75) is 25.2 Å². The number of ether oxygens (including phenoxy) is 1. The molecule has 28 heavy (non-hydrogen) atoms. The maximum atomic E-state index is 12.9. The summed E-state index contributed by atoms with van der Waals surface area (Å²) in [5, 5.41) is 0. The van der Waals surface area contributed by atoms with Crippen molar-refractivity contribution in [3.05, 3.63) is 95.3 Å². The van der Waals surface area contributed by atoms with Gasteiger partial charge < -0.3 is 9.30 Å². The van der Waals surface area contributed by atoms with E-state index >= 15 is 0 Å². The Kier molecular flexibility index (Phi) is 4.94. The highest BCUT2D eigenvalue weighted by Gasteiger charge is 2.30. The van der Waals surface area contributed by atoms with Gasteiger partial charge >= 0.3 is 6.18 Å². The van der Waals surface area contributed by atoms with Crippen molar-refractivity contribution in [2.24, 2.45) is 4.99 Å². The number of benzene rings is 2. The lowest BCUT2D eigenvalue weighted by Gasteiger charge is -2.11. The monoisotopic (exact) mass is 384 g/mol. The first-order chi connectivity index (χ1) is 13.5. The maximum Gasteiger partial charge on any atom is 0.416 e. The predicted octanol–water partition coefficient (Wildman–Crippen LogP) is 4.94. The number of aromatic nitrogens is 1. The van der Waals surface area contributed by atoms with Crippen molar-refractivity contribution in [1.29, 1.82) is 0 Å². The molecule has 0 saturated carbocycles. The number of rotatable bonds is 5. The lowest BCUT2D eigenvalue weighted by Crippen LogP contribution is -2.12. The van der Waals surface area contributed by atoms with Gasteiger partial charge in [-0.2, -0.15) is 13.2 Å². The Bertz CT molecular complexity index is 977. The Labute approximate surface area is 161 Å². The topological polar surface area (TPSA) is 26.5 Å². The van der Waals surface area contributed by atoms with Gasteiger partial charge in [-0.1, -0.05) is 42.5 Å². The summed E-state index contributed by atoms with van der Waals surface area (Å²) in [7, 11) is 0. The van der Waals surface area contributed by atoms with Crippen LogP contribution in [0.1, 0.15) is 22.4 Å². The molecule has 0 fully saturated rings. The van der Waals surface area contributed by atoms with Crippen LogP contribution in [0, 0.1) is 0 Å². The van der Waals surface area contributed by atoms with Crippen LogP contribution in [0.4, 0.5) is 13.2 Å². The van der Waals surface area contributed by atoms with E-state index in [1.54, 1.807) is 6.07 Å². The van der Waals surface area contributed by atoms with Crippen LogP contribution in [0.3, 0.4) is 0 Å². The lowest BCUT2D eigenvalue weighted by atomic mass is 10.1. The zero-order valence-corrected chi connectivity index (χ0v) is 15.1. The molecule has 0 bridgehead atoms. The molecule has 1 aliphatic rings. The molecular formula is C22H19F3N2O. The van der Waals surface area contributed by atoms with Gasteiger partial charge in [0.15, 0.2) is 0 Å². The molecule has 0 saturated heterocycles. The van der Waals surface area contributed by atoms with Crippen molar-refractivity contribution >= 4 is 5.90 Å². The van der Waals surface area contributed by atoms with Gasteiger partial charge in [0.2, 0.25) is 5.90 Å². The summed E-state index contributed by atoms with van der Waals surface area (Å²) < 4.78 is 46.5. The van der Waals surface area contributed by atoms with E-state index < -0.39 is 11.7 Å². The van der Waals surface area contributed by atoms with Crippen LogP contribution in [-0.4, -0.2) is 23.1 Å². The average molecular weight is 384 g/mol. The molecule has 0 aliphatic carbocycles. The largest absolute Gasteiger partial charge is 0.474 e. The third-order valence-corrected chi connectivity index (χ3v) is 4.68. The molecular weight excluding hydrogens is 365 g/mol. The minimum Gasteiger partial charge on any atom is -0.474 e. The predicted molar refractivity (Wildman–Crippen MR) is 101 cm³/mol. The highest BCUT2D eigenvalue weighted by atomic mass is 19.4. The Morgan fingerprint density at radius 3 is 2.54 bits per heavy atom. The quantitative estimate of drug-likeness (QED) is 0.612. The maximum absolute atomic E-state index is 12.9. The Morgan fingerprint density at radius 2 is 1.75 bits per heavy atom. The fraction of sp³-hybridized carbons (Fsp3) is 0.227.